The van der Waals surface area contributed by atoms with Gasteiger partial charge in [0.25, 0.3) is 0 Å². The van der Waals surface area contributed by atoms with Crippen LogP contribution >= 0.6 is 11.6 Å². The zero-order valence-corrected chi connectivity index (χ0v) is 11.8. The Balaban J connectivity index is 2.67. The molecule has 0 aliphatic rings. The Labute approximate surface area is 113 Å². The van der Waals surface area contributed by atoms with Gasteiger partial charge in [0.1, 0.15) is 0 Å². The predicted molar refractivity (Wildman–Crippen MR) is 72.1 cm³/mol. The van der Waals surface area contributed by atoms with E-state index in [9.17, 15) is 8.42 Å². The predicted octanol–water partition coefficient (Wildman–Crippen LogP) is 2.03. The van der Waals surface area contributed by atoms with Crippen LogP contribution in [0.15, 0.2) is 29.2 Å². The molecule has 0 heterocycles. The largest absolute Gasteiger partial charge is 0.396 e. The van der Waals surface area contributed by atoms with Gasteiger partial charge in [0.15, 0.2) is 0 Å². The maximum Gasteiger partial charge on any atom is 0.240 e. The van der Waals surface area contributed by atoms with Crippen LogP contribution in [0.4, 0.5) is 0 Å². The van der Waals surface area contributed by atoms with E-state index in [2.05, 4.69) is 4.72 Å². The van der Waals surface area contributed by atoms with Gasteiger partial charge in [0.05, 0.1) is 4.90 Å². The third-order valence-electron chi connectivity index (χ3n) is 2.80. The number of aliphatic hydroxyl groups excluding tert-OH is 1. The molecule has 1 aromatic rings. The Bertz CT molecular complexity index is 459. The highest BCUT2D eigenvalue weighted by Gasteiger charge is 2.15. The standard InChI is InChI=1S/C12H18ClNO3S/c1-2-10(7-8-15)9-14-18(16,17)12-5-3-11(13)4-6-12/h3-6,10,14-15H,2,7-9H2,1H3. The molecule has 0 aromatic heterocycles. The van der Waals surface area contributed by atoms with Crippen LogP contribution in [-0.4, -0.2) is 26.7 Å². The highest BCUT2D eigenvalue weighted by molar-refractivity contribution is 7.89. The van der Waals surface area contributed by atoms with Crippen molar-refractivity contribution in [1.29, 1.82) is 0 Å². The number of aliphatic hydroxyl groups is 1. The normalized spacial score (nSPS) is 13.5. The van der Waals surface area contributed by atoms with Crippen molar-refractivity contribution in [2.75, 3.05) is 13.2 Å². The smallest absolute Gasteiger partial charge is 0.240 e. The van der Waals surface area contributed by atoms with Crippen molar-refractivity contribution in [2.45, 2.75) is 24.7 Å². The molecule has 0 fully saturated rings. The highest BCUT2D eigenvalue weighted by atomic mass is 35.5. The molecule has 1 aromatic carbocycles. The first kappa shape index (κ1) is 15.4. The molecule has 0 aliphatic heterocycles. The van der Waals surface area contributed by atoms with Crippen LogP contribution in [0.5, 0.6) is 0 Å². The van der Waals surface area contributed by atoms with Crippen LogP contribution in [0.3, 0.4) is 0 Å². The molecule has 1 unspecified atom stereocenters. The van der Waals surface area contributed by atoms with Crippen LogP contribution in [0, 0.1) is 5.92 Å². The minimum Gasteiger partial charge on any atom is -0.396 e. The van der Waals surface area contributed by atoms with E-state index in [0.29, 0.717) is 18.0 Å². The summed E-state index contributed by atoms with van der Waals surface area (Å²) in [7, 11) is -3.49. The van der Waals surface area contributed by atoms with E-state index in [4.69, 9.17) is 16.7 Å². The molecule has 0 bridgehead atoms. The molecule has 1 atom stereocenters. The summed E-state index contributed by atoms with van der Waals surface area (Å²) in [6, 6.07) is 6.03. The van der Waals surface area contributed by atoms with Crippen LogP contribution < -0.4 is 4.72 Å². The summed E-state index contributed by atoms with van der Waals surface area (Å²) in [6.45, 7) is 2.38. The third kappa shape index (κ3) is 4.57. The Morgan fingerprint density at radius 2 is 1.94 bits per heavy atom. The number of nitrogens with one attached hydrogen (secondary N) is 1. The van der Waals surface area contributed by atoms with E-state index in [1.165, 1.54) is 12.1 Å². The lowest BCUT2D eigenvalue weighted by molar-refractivity contribution is 0.254. The Hall–Kier alpha value is -0.620. The van der Waals surface area contributed by atoms with Gasteiger partial charge in [-0.05, 0) is 36.6 Å². The first-order valence-corrected chi connectivity index (χ1v) is 7.71. The van der Waals surface area contributed by atoms with E-state index >= 15 is 0 Å². The van der Waals surface area contributed by atoms with Gasteiger partial charge in [-0.15, -0.1) is 0 Å². The second-order valence-corrected chi connectivity index (χ2v) is 6.30. The minimum absolute atomic E-state index is 0.0706. The summed E-state index contributed by atoms with van der Waals surface area (Å²) in [5, 5.41) is 9.35. The Kier molecular flexibility index (Phi) is 6.08. The molecule has 102 valence electrons. The number of rotatable bonds is 7. The van der Waals surface area contributed by atoms with Crippen molar-refractivity contribution in [3.05, 3.63) is 29.3 Å². The molecular formula is C12H18ClNO3S. The van der Waals surface area contributed by atoms with E-state index in [1.807, 2.05) is 6.92 Å². The molecular weight excluding hydrogens is 274 g/mol. The molecule has 0 amide bonds. The van der Waals surface area contributed by atoms with Gasteiger partial charge < -0.3 is 5.11 Å². The van der Waals surface area contributed by atoms with Gasteiger partial charge in [0.2, 0.25) is 10.0 Å². The van der Waals surface area contributed by atoms with Gasteiger partial charge >= 0.3 is 0 Å². The van der Waals surface area contributed by atoms with Crippen LogP contribution in [-0.2, 0) is 10.0 Å². The maximum atomic E-state index is 12.0. The molecule has 0 radical (unpaired) electrons. The fourth-order valence-corrected chi connectivity index (χ4v) is 2.80. The molecule has 0 spiro atoms. The summed E-state index contributed by atoms with van der Waals surface area (Å²) in [5.74, 6) is 0.150. The van der Waals surface area contributed by atoms with Gasteiger partial charge in [0, 0.05) is 18.2 Å². The second-order valence-electron chi connectivity index (χ2n) is 4.09. The first-order valence-electron chi connectivity index (χ1n) is 5.85. The number of halogens is 1. The lowest BCUT2D eigenvalue weighted by Crippen LogP contribution is -2.29. The van der Waals surface area contributed by atoms with Crippen molar-refractivity contribution in [3.63, 3.8) is 0 Å². The second kappa shape index (κ2) is 7.09. The van der Waals surface area contributed by atoms with Crippen molar-refractivity contribution in [2.24, 2.45) is 5.92 Å². The van der Waals surface area contributed by atoms with E-state index in [1.54, 1.807) is 12.1 Å². The molecule has 4 nitrogen and oxygen atoms in total. The SMILES string of the molecule is CCC(CCO)CNS(=O)(=O)c1ccc(Cl)cc1. The van der Waals surface area contributed by atoms with E-state index in [-0.39, 0.29) is 17.4 Å². The van der Waals surface area contributed by atoms with Gasteiger partial charge in [-0.1, -0.05) is 24.9 Å². The molecule has 1 rings (SSSR count). The quantitative estimate of drug-likeness (QED) is 0.808. The average Bonchev–Trinajstić information content (AvgIpc) is 2.35. The number of sulfonamides is 1. The van der Waals surface area contributed by atoms with E-state index in [0.717, 1.165) is 6.42 Å². The lowest BCUT2D eigenvalue weighted by Gasteiger charge is -2.14. The Morgan fingerprint density at radius 1 is 1.33 bits per heavy atom. The zero-order valence-electron chi connectivity index (χ0n) is 10.3. The Morgan fingerprint density at radius 3 is 2.44 bits per heavy atom. The summed E-state index contributed by atoms with van der Waals surface area (Å²) >= 11 is 5.71. The number of hydrogen-bond donors (Lipinski definition) is 2. The van der Waals surface area contributed by atoms with Crippen LogP contribution in [0.2, 0.25) is 5.02 Å². The summed E-state index contributed by atoms with van der Waals surface area (Å²) < 4.78 is 26.5. The molecule has 0 aliphatic carbocycles. The van der Waals surface area contributed by atoms with E-state index < -0.39 is 10.0 Å². The van der Waals surface area contributed by atoms with Crippen molar-refractivity contribution >= 4 is 21.6 Å². The molecule has 0 saturated carbocycles. The third-order valence-corrected chi connectivity index (χ3v) is 4.49. The number of benzene rings is 1. The fourth-order valence-electron chi connectivity index (χ4n) is 1.56. The zero-order chi connectivity index (χ0) is 13.6. The van der Waals surface area contributed by atoms with Gasteiger partial charge in [-0.2, -0.15) is 0 Å². The van der Waals surface area contributed by atoms with Crippen molar-refractivity contribution in [1.82, 2.24) is 4.72 Å². The highest BCUT2D eigenvalue weighted by Crippen LogP contribution is 2.14. The molecule has 2 N–H and O–H groups in total. The summed E-state index contributed by atoms with van der Waals surface area (Å²) in [6.07, 6.45) is 1.42. The minimum atomic E-state index is -3.49. The summed E-state index contributed by atoms with van der Waals surface area (Å²) in [4.78, 5) is 0.200. The number of hydrogen-bond acceptors (Lipinski definition) is 3. The molecule has 18 heavy (non-hydrogen) atoms. The van der Waals surface area contributed by atoms with Crippen molar-refractivity contribution < 1.29 is 13.5 Å². The van der Waals surface area contributed by atoms with Gasteiger partial charge in [-0.3, -0.25) is 0 Å². The molecule has 0 saturated heterocycles. The van der Waals surface area contributed by atoms with Crippen molar-refractivity contribution in [3.8, 4) is 0 Å². The molecule has 6 heteroatoms. The summed E-state index contributed by atoms with van der Waals surface area (Å²) in [5.41, 5.74) is 0. The topological polar surface area (TPSA) is 66.4 Å². The monoisotopic (exact) mass is 291 g/mol. The maximum absolute atomic E-state index is 12.0. The fraction of sp³-hybridized carbons (Fsp3) is 0.500. The van der Waals surface area contributed by atoms with Crippen LogP contribution in [0.1, 0.15) is 19.8 Å². The van der Waals surface area contributed by atoms with Gasteiger partial charge in [-0.25, -0.2) is 13.1 Å². The van der Waals surface area contributed by atoms with Crippen LogP contribution in [0.25, 0.3) is 0 Å². The lowest BCUT2D eigenvalue weighted by atomic mass is 10.0. The average molecular weight is 292 g/mol. The first-order chi connectivity index (χ1) is 8.49.